The van der Waals surface area contributed by atoms with Crippen molar-refractivity contribution in [1.29, 1.82) is 0 Å². The van der Waals surface area contributed by atoms with Crippen molar-refractivity contribution in [3.63, 3.8) is 0 Å². The highest BCUT2D eigenvalue weighted by Gasteiger charge is 2.24. The Hall–Kier alpha value is -2.08. The van der Waals surface area contributed by atoms with Gasteiger partial charge in [-0.1, -0.05) is 18.2 Å². The molecule has 6 nitrogen and oxygen atoms in total. The molecular formula is C17H24N4O2. The molecule has 0 saturated carbocycles. The number of hydrogen-bond donors (Lipinski definition) is 0. The van der Waals surface area contributed by atoms with Crippen LogP contribution in [0.4, 0.5) is 5.69 Å². The summed E-state index contributed by atoms with van der Waals surface area (Å²) in [5, 5.41) is 0. The fraction of sp³-hybridized carbons (Fsp3) is 0.529. The van der Waals surface area contributed by atoms with Crippen LogP contribution in [-0.4, -0.2) is 85.9 Å². The molecule has 2 aliphatic heterocycles. The molecule has 2 heterocycles. The van der Waals surface area contributed by atoms with Crippen LogP contribution < -0.4 is 4.90 Å². The average molecular weight is 316 g/mol. The summed E-state index contributed by atoms with van der Waals surface area (Å²) in [7, 11) is 0. The fourth-order valence-corrected chi connectivity index (χ4v) is 3.17. The molecule has 2 amide bonds. The number of hydrogen-bond acceptors (Lipinski definition) is 4. The Morgan fingerprint density at radius 2 is 1.57 bits per heavy atom. The van der Waals surface area contributed by atoms with Crippen LogP contribution in [0.1, 0.15) is 0 Å². The van der Waals surface area contributed by atoms with Crippen molar-refractivity contribution in [2.45, 2.75) is 0 Å². The Balaban J connectivity index is 1.44. The third kappa shape index (κ3) is 4.01. The molecule has 2 fully saturated rings. The van der Waals surface area contributed by atoms with Crippen LogP contribution in [0.2, 0.25) is 0 Å². The lowest BCUT2D eigenvalue weighted by Gasteiger charge is -2.38. The molecule has 23 heavy (non-hydrogen) atoms. The minimum Gasteiger partial charge on any atom is -0.368 e. The first-order valence-corrected chi connectivity index (χ1v) is 8.26. The monoisotopic (exact) mass is 316 g/mol. The van der Waals surface area contributed by atoms with Crippen LogP contribution in [0.15, 0.2) is 30.3 Å². The zero-order valence-electron chi connectivity index (χ0n) is 13.4. The number of carbonyl (C=O) groups is 2. The van der Waals surface area contributed by atoms with Crippen LogP contribution in [0.5, 0.6) is 0 Å². The lowest BCUT2D eigenvalue weighted by molar-refractivity contribution is -0.133. The Bertz CT molecular complexity index is 521. The molecule has 0 aliphatic carbocycles. The van der Waals surface area contributed by atoms with Gasteiger partial charge in [0.1, 0.15) is 0 Å². The Kier molecular flexibility index (Phi) is 5.12. The van der Waals surface area contributed by atoms with E-state index < -0.39 is 0 Å². The van der Waals surface area contributed by atoms with E-state index >= 15 is 0 Å². The minimum absolute atomic E-state index is 0.206. The number of piperazine rings is 2. The van der Waals surface area contributed by atoms with Gasteiger partial charge in [-0.15, -0.1) is 0 Å². The SMILES string of the molecule is O=CN1CCN(CC(=O)N2CCN(c3ccccc3)CC2)CC1. The quantitative estimate of drug-likeness (QED) is 0.740. The van der Waals surface area contributed by atoms with E-state index in [-0.39, 0.29) is 5.91 Å². The highest BCUT2D eigenvalue weighted by Crippen LogP contribution is 2.15. The number of para-hydroxylation sites is 1. The second kappa shape index (κ2) is 7.46. The number of amides is 2. The number of anilines is 1. The predicted octanol–water partition coefficient (Wildman–Crippen LogP) is 0.109. The van der Waals surface area contributed by atoms with Gasteiger partial charge in [0, 0.05) is 58.0 Å². The van der Waals surface area contributed by atoms with Gasteiger partial charge in [0.15, 0.2) is 0 Å². The van der Waals surface area contributed by atoms with Gasteiger partial charge < -0.3 is 14.7 Å². The number of rotatable bonds is 4. The first-order valence-electron chi connectivity index (χ1n) is 8.26. The van der Waals surface area contributed by atoms with Crippen LogP contribution in [0.3, 0.4) is 0 Å². The zero-order chi connectivity index (χ0) is 16.1. The van der Waals surface area contributed by atoms with Gasteiger partial charge >= 0.3 is 0 Å². The third-order valence-corrected chi connectivity index (χ3v) is 4.67. The van der Waals surface area contributed by atoms with Gasteiger partial charge in [-0.3, -0.25) is 14.5 Å². The van der Waals surface area contributed by atoms with Crippen molar-refractivity contribution in [2.24, 2.45) is 0 Å². The van der Waals surface area contributed by atoms with Crippen LogP contribution in [-0.2, 0) is 9.59 Å². The Morgan fingerprint density at radius 1 is 0.913 bits per heavy atom. The Morgan fingerprint density at radius 3 is 2.17 bits per heavy atom. The van der Waals surface area contributed by atoms with E-state index in [0.29, 0.717) is 6.54 Å². The van der Waals surface area contributed by atoms with E-state index in [1.807, 2.05) is 23.1 Å². The van der Waals surface area contributed by atoms with E-state index in [2.05, 4.69) is 21.9 Å². The lowest BCUT2D eigenvalue weighted by atomic mass is 10.2. The molecule has 0 aromatic heterocycles. The molecule has 3 rings (SSSR count). The smallest absolute Gasteiger partial charge is 0.236 e. The van der Waals surface area contributed by atoms with E-state index in [1.54, 1.807) is 4.90 Å². The van der Waals surface area contributed by atoms with Crippen LogP contribution in [0.25, 0.3) is 0 Å². The first kappa shape index (κ1) is 15.8. The highest BCUT2D eigenvalue weighted by molar-refractivity contribution is 5.78. The molecule has 0 radical (unpaired) electrons. The summed E-state index contributed by atoms with van der Waals surface area (Å²) in [6, 6.07) is 10.3. The van der Waals surface area contributed by atoms with E-state index in [0.717, 1.165) is 58.8 Å². The number of benzene rings is 1. The maximum Gasteiger partial charge on any atom is 0.236 e. The number of nitrogens with zero attached hydrogens (tertiary/aromatic N) is 4. The summed E-state index contributed by atoms with van der Waals surface area (Å²) in [4.78, 5) is 31.4. The maximum atomic E-state index is 12.4. The van der Waals surface area contributed by atoms with E-state index in [1.165, 1.54) is 5.69 Å². The summed E-state index contributed by atoms with van der Waals surface area (Å²) in [6.07, 6.45) is 0.891. The van der Waals surface area contributed by atoms with E-state index in [9.17, 15) is 9.59 Å². The molecule has 2 aliphatic rings. The fourth-order valence-electron chi connectivity index (χ4n) is 3.17. The molecule has 6 heteroatoms. The topological polar surface area (TPSA) is 47.1 Å². The minimum atomic E-state index is 0.206. The molecule has 0 bridgehead atoms. The molecule has 0 atom stereocenters. The Labute approximate surface area is 137 Å². The molecule has 124 valence electrons. The summed E-state index contributed by atoms with van der Waals surface area (Å²) in [5.41, 5.74) is 1.23. The van der Waals surface area contributed by atoms with Crippen molar-refractivity contribution >= 4 is 18.0 Å². The third-order valence-electron chi connectivity index (χ3n) is 4.67. The van der Waals surface area contributed by atoms with Gasteiger partial charge in [-0.05, 0) is 12.1 Å². The van der Waals surface area contributed by atoms with Crippen molar-refractivity contribution in [3.8, 4) is 0 Å². The van der Waals surface area contributed by atoms with Crippen LogP contribution in [0, 0.1) is 0 Å². The molecule has 2 saturated heterocycles. The molecule has 0 N–H and O–H groups in total. The summed E-state index contributed by atoms with van der Waals surface area (Å²) < 4.78 is 0. The molecule has 1 aromatic carbocycles. The van der Waals surface area contributed by atoms with E-state index in [4.69, 9.17) is 0 Å². The van der Waals surface area contributed by atoms with Crippen molar-refractivity contribution in [1.82, 2.24) is 14.7 Å². The highest BCUT2D eigenvalue weighted by atomic mass is 16.2. The average Bonchev–Trinajstić information content (AvgIpc) is 2.63. The van der Waals surface area contributed by atoms with Gasteiger partial charge in [0.25, 0.3) is 0 Å². The molecule has 1 aromatic rings. The molecule has 0 unspecified atom stereocenters. The first-order chi connectivity index (χ1) is 11.3. The molecular weight excluding hydrogens is 292 g/mol. The predicted molar refractivity (Wildman–Crippen MR) is 89.3 cm³/mol. The largest absolute Gasteiger partial charge is 0.368 e. The summed E-state index contributed by atoms with van der Waals surface area (Å²) >= 11 is 0. The van der Waals surface area contributed by atoms with Crippen molar-refractivity contribution in [3.05, 3.63) is 30.3 Å². The standard InChI is InChI=1S/C17H24N4O2/c22-15-19-8-6-18(7-9-19)14-17(23)21-12-10-20(11-13-21)16-4-2-1-3-5-16/h1-5,15H,6-14H2. The van der Waals surface area contributed by atoms with Gasteiger partial charge in [-0.2, -0.15) is 0 Å². The summed E-state index contributed by atoms with van der Waals surface area (Å²) in [5.74, 6) is 0.206. The number of carbonyl (C=O) groups excluding carboxylic acids is 2. The maximum absolute atomic E-state index is 12.4. The lowest BCUT2D eigenvalue weighted by Crippen LogP contribution is -2.53. The van der Waals surface area contributed by atoms with Gasteiger partial charge in [-0.25, -0.2) is 0 Å². The van der Waals surface area contributed by atoms with Gasteiger partial charge in [0.2, 0.25) is 12.3 Å². The molecule has 0 spiro atoms. The summed E-state index contributed by atoms with van der Waals surface area (Å²) in [6.45, 7) is 6.81. The zero-order valence-corrected chi connectivity index (χ0v) is 13.4. The second-order valence-corrected chi connectivity index (χ2v) is 6.12. The normalized spacial score (nSPS) is 19.7. The van der Waals surface area contributed by atoms with Crippen molar-refractivity contribution < 1.29 is 9.59 Å². The van der Waals surface area contributed by atoms with Crippen molar-refractivity contribution in [2.75, 3.05) is 63.8 Å². The second-order valence-electron chi connectivity index (χ2n) is 6.12. The van der Waals surface area contributed by atoms with Gasteiger partial charge in [0.05, 0.1) is 6.54 Å². The van der Waals surface area contributed by atoms with Crippen LogP contribution >= 0.6 is 0 Å².